The SMILES string of the molecule is O=C(CCN1C(=O)c2cccc([N+](=O)[O-])c2C1=O)Nc1cccc(Br)c1. The van der Waals surface area contributed by atoms with Crippen molar-refractivity contribution >= 4 is 45.0 Å². The summed E-state index contributed by atoms with van der Waals surface area (Å²) in [6, 6.07) is 10.9. The lowest BCUT2D eigenvalue weighted by Crippen LogP contribution is -2.33. The number of fused-ring (bicyclic) bond motifs is 1. The number of rotatable bonds is 5. The molecule has 1 aliphatic heterocycles. The molecule has 3 amide bonds. The fourth-order valence-corrected chi connectivity index (χ4v) is 3.07. The summed E-state index contributed by atoms with van der Waals surface area (Å²) in [7, 11) is 0. The molecule has 0 bridgehead atoms. The Morgan fingerprint density at radius 3 is 2.58 bits per heavy atom. The maximum absolute atomic E-state index is 12.4. The van der Waals surface area contributed by atoms with Crippen LogP contribution < -0.4 is 5.32 Å². The summed E-state index contributed by atoms with van der Waals surface area (Å²) in [5.74, 6) is -1.77. The monoisotopic (exact) mass is 417 g/mol. The molecule has 0 atom stereocenters. The predicted octanol–water partition coefficient (Wildman–Crippen LogP) is 2.98. The highest BCUT2D eigenvalue weighted by Crippen LogP contribution is 2.30. The number of nitro groups is 1. The van der Waals surface area contributed by atoms with E-state index in [0.29, 0.717) is 5.69 Å². The third-order valence-corrected chi connectivity index (χ3v) is 4.34. The zero-order chi connectivity index (χ0) is 18.8. The van der Waals surface area contributed by atoms with Crippen molar-refractivity contribution in [3.05, 3.63) is 68.2 Å². The number of carbonyl (C=O) groups excluding carboxylic acids is 3. The van der Waals surface area contributed by atoms with Crippen molar-refractivity contribution in [3.63, 3.8) is 0 Å². The second-order valence-corrected chi connectivity index (χ2v) is 6.44. The van der Waals surface area contributed by atoms with Crippen molar-refractivity contribution in [3.8, 4) is 0 Å². The molecule has 1 N–H and O–H groups in total. The molecule has 132 valence electrons. The minimum absolute atomic E-state index is 0.0170. The van der Waals surface area contributed by atoms with Crippen molar-refractivity contribution in [2.45, 2.75) is 6.42 Å². The van der Waals surface area contributed by atoms with Crippen LogP contribution in [0.1, 0.15) is 27.1 Å². The van der Waals surface area contributed by atoms with E-state index in [2.05, 4.69) is 21.2 Å². The van der Waals surface area contributed by atoms with Crippen LogP contribution in [0.3, 0.4) is 0 Å². The van der Waals surface area contributed by atoms with Gasteiger partial charge in [0.05, 0.1) is 10.5 Å². The van der Waals surface area contributed by atoms with Crippen LogP contribution in [0.2, 0.25) is 0 Å². The third kappa shape index (κ3) is 3.33. The van der Waals surface area contributed by atoms with E-state index in [4.69, 9.17) is 0 Å². The molecular formula is C17H12BrN3O5. The first kappa shape index (κ1) is 17.7. The molecule has 3 rings (SSSR count). The van der Waals surface area contributed by atoms with Crippen LogP contribution in [0, 0.1) is 10.1 Å². The largest absolute Gasteiger partial charge is 0.326 e. The smallest absolute Gasteiger partial charge is 0.282 e. The third-order valence-electron chi connectivity index (χ3n) is 3.84. The second-order valence-electron chi connectivity index (χ2n) is 5.53. The van der Waals surface area contributed by atoms with Gasteiger partial charge in [-0.2, -0.15) is 0 Å². The molecule has 1 aliphatic rings. The number of amides is 3. The average molecular weight is 418 g/mol. The van der Waals surface area contributed by atoms with Gasteiger partial charge >= 0.3 is 0 Å². The van der Waals surface area contributed by atoms with E-state index < -0.39 is 22.4 Å². The van der Waals surface area contributed by atoms with Crippen LogP contribution in [-0.2, 0) is 4.79 Å². The van der Waals surface area contributed by atoms with Gasteiger partial charge in [-0.1, -0.05) is 28.1 Å². The van der Waals surface area contributed by atoms with Gasteiger partial charge in [-0.05, 0) is 24.3 Å². The molecule has 1 heterocycles. The molecule has 8 nitrogen and oxygen atoms in total. The molecule has 0 radical (unpaired) electrons. The molecule has 0 unspecified atom stereocenters. The molecular weight excluding hydrogens is 406 g/mol. The van der Waals surface area contributed by atoms with Gasteiger partial charge in [0, 0.05) is 29.2 Å². The first-order valence-corrected chi connectivity index (χ1v) is 8.37. The Bertz CT molecular complexity index is 944. The number of nitrogens with one attached hydrogen (secondary N) is 1. The Morgan fingerprint density at radius 1 is 1.15 bits per heavy atom. The average Bonchev–Trinajstić information content (AvgIpc) is 2.84. The van der Waals surface area contributed by atoms with Crippen LogP contribution in [-0.4, -0.2) is 34.1 Å². The van der Waals surface area contributed by atoms with Crippen molar-refractivity contribution in [1.29, 1.82) is 0 Å². The summed E-state index contributed by atoms with van der Waals surface area (Å²) in [6.07, 6.45) is -0.119. The van der Waals surface area contributed by atoms with Gasteiger partial charge in [-0.3, -0.25) is 29.4 Å². The molecule has 0 saturated carbocycles. The van der Waals surface area contributed by atoms with Crippen molar-refractivity contribution in [2.24, 2.45) is 0 Å². The lowest BCUT2D eigenvalue weighted by atomic mass is 10.1. The van der Waals surface area contributed by atoms with Crippen LogP contribution >= 0.6 is 15.9 Å². The summed E-state index contributed by atoms with van der Waals surface area (Å²) in [5, 5.41) is 13.7. The van der Waals surface area contributed by atoms with E-state index in [-0.39, 0.29) is 30.0 Å². The van der Waals surface area contributed by atoms with Gasteiger partial charge in [-0.15, -0.1) is 0 Å². The van der Waals surface area contributed by atoms with E-state index in [0.717, 1.165) is 9.37 Å². The highest BCUT2D eigenvalue weighted by molar-refractivity contribution is 9.10. The maximum Gasteiger partial charge on any atom is 0.282 e. The normalized spacial score (nSPS) is 12.9. The number of nitro benzene ring substituents is 1. The van der Waals surface area contributed by atoms with E-state index >= 15 is 0 Å². The number of anilines is 1. The summed E-state index contributed by atoms with van der Waals surface area (Å²) in [5.41, 5.74) is -0.0872. The van der Waals surface area contributed by atoms with Crippen LogP contribution in [0.4, 0.5) is 11.4 Å². The Kier molecular flexibility index (Phi) is 4.81. The highest BCUT2D eigenvalue weighted by atomic mass is 79.9. The Hall–Kier alpha value is -3.07. The molecule has 2 aromatic rings. The van der Waals surface area contributed by atoms with Crippen LogP contribution in [0.5, 0.6) is 0 Å². The molecule has 0 aromatic heterocycles. The van der Waals surface area contributed by atoms with Crippen molar-refractivity contribution < 1.29 is 19.3 Å². The van der Waals surface area contributed by atoms with E-state index in [9.17, 15) is 24.5 Å². The standard InChI is InChI=1S/C17H12BrN3O5/c18-10-3-1-4-11(9-10)19-14(22)7-8-20-16(23)12-5-2-6-13(21(25)26)15(12)17(20)24/h1-6,9H,7-8H2,(H,19,22). The molecule has 26 heavy (non-hydrogen) atoms. The fourth-order valence-electron chi connectivity index (χ4n) is 2.67. The topological polar surface area (TPSA) is 110 Å². The lowest BCUT2D eigenvalue weighted by Gasteiger charge is -2.13. The van der Waals surface area contributed by atoms with Crippen molar-refractivity contribution in [2.75, 3.05) is 11.9 Å². The maximum atomic E-state index is 12.4. The van der Waals surface area contributed by atoms with Gasteiger partial charge in [0.25, 0.3) is 17.5 Å². The van der Waals surface area contributed by atoms with Gasteiger partial charge in [-0.25, -0.2) is 0 Å². The zero-order valence-corrected chi connectivity index (χ0v) is 14.9. The predicted molar refractivity (Wildman–Crippen MR) is 95.9 cm³/mol. The Balaban J connectivity index is 1.70. The first-order valence-electron chi connectivity index (χ1n) is 7.57. The quantitative estimate of drug-likeness (QED) is 0.456. The molecule has 9 heteroatoms. The number of benzene rings is 2. The van der Waals surface area contributed by atoms with E-state index in [1.54, 1.807) is 24.3 Å². The second kappa shape index (κ2) is 7.04. The molecule has 0 fully saturated rings. The van der Waals surface area contributed by atoms with E-state index in [1.165, 1.54) is 18.2 Å². The summed E-state index contributed by atoms with van der Waals surface area (Å²) >= 11 is 3.29. The number of hydrogen-bond acceptors (Lipinski definition) is 5. The van der Waals surface area contributed by atoms with Gasteiger partial charge in [0.2, 0.25) is 5.91 Å². The number of halogens is 1. The number of hydrogen-bond donors (Lipinski definition) is 1. The van der Waals surface area contributed by atoms with Gasteiger partial charge in [0.1, 0.15) is 5.56 Å². The molecule has 0 saturated heterocycles. The lowest BCUT2D eigenvalue weighted by molar-refractivity contribution is -0.385. The zero-order valence-electron chi connectivity index (χ0n) is 13.3. The van der Waals surface area contributed by atoms with Gasteiger partial charge < -0.3 is 5.32 Å². The number of imide groups is 1. The van der Waals surface area contributed by atoms with Crippen molar-refractivity contribution in [1.82, 2.24) is 4.90 Å². The summed E-state index contributed by atoms with van der Waals surface area (Å²) < 4.78 is 0.794. The fraction of sp³-hybridized carbons (Fsp3) is 0.118. The van der Waals surface area contributed by atoms with Gasteiger partial charge in [0.15, 0.2) is 0 Å². The molecule has 2 aromatic carbocycles. The number of carbonyl (C=O) groups is 3. The first-order chi connectivity index (χ1) is 12.4. The number of nitrogens with zero attached hydrogens (tertiary/aromatic N) is 2. The Labute approximate surface area is 156 Å². The molecule has 0 spiro atoms. The van der Waals surface area contributed by atoms with E-state index in [1.807, 2.05) is 0 Å². The molecule has 0 aliphatic carbocycles. The minimum Gasteiger partial charge on any atom is -0.326 e. The minimum atomic E-state index is -0.757. The Morgan fingerprint density at radius 2 is 1.88 bits per heavy atom. The summed E-state index contributed by atoms with van der Waals surface area (Å²) in [4.78, 5) is 48.0. The van der Waals surface area contributed by atoms with Crippen LogP contribution in [0.25, 0.3) is 0 Å². The highest BCUT2D eigenvalue weighted by Gasteiger charge is 2.40. The summed E-state index contributed by atoms with van der Waals surface area (Å²) in [6.45, 7) is -0.163. The van der Waals surface area contributed by atoms with Crippen LogP contribution in [0.15, 0.2) is 46.9 Å².